The molecule has 0 rings (SSSR count). The molecule has 0 amide bonds. The molecule has 0 saturated heterocycles. The van der Waals surface area contributed by atoms with Crippen LogP contribution in [0.15, 0.2) is 0 Å². The van der Waals surface area contributed by atoms with Crippen LogP contribution in [0.1, 0.15) is 34.6 Å². The van der Waals surface area contributed by atoms with E-state index in [0.29, 0.717) is 10.6 Å². The van der Waals surface area contributed by atoms with Crippen LogP contribution in [0.5, 0.6) is 0 Å². The van der Waals surface area contributed by atoms with Gasteiger partial charge in [0.05, 0.1) is 0 Å². The zero-order chi connectivity index (χ0) is 8.58. The van der Waals surface area contributed by atoms with Crippen molar-refractivity contribution in [1.82, 2.24) is 0 Å². The Morgan fingerprint density at radius 1 is 1.20 bits per heavy atom. The number of hydrogen-bond donors (Lipinski definition) is 0. The maximum atomic E-state index is 6.49. The van der Waals surface area contributed by atoms with Crippen molar-refractivity contribution in [3.8, 4) is 0 Å². The monoisotopic (exact) mass is 178 g/mol. The molecule has 10 heavy (non-hydrogen) atoms. The van der Waals surface area contributed by atoms with E-state index in [2.05, 4.69) is 41.2 Å². The van der Waals surface area contributed by atoms with E-state index in [4.69, 9.17) is 11.1 Å². The van der Waals surface area contributed by atoms with Gasteiger partial charge in [-0.2, -0.15) is 11.1 Å². The topological polar surface area (TPSA) is 0 Å². The SMILES string of the molecule is CC(C)[Si](C)(Cl)C(C)(C)C. The average Bonchev–Trinajstić information content (AvgIpc) is 1.62. The smallest absolute Gasteiger partial charge is 0.161 e. The molecule has 0 N–H and O–H groups in total. The van der Waals surface area contributed by atoms with Gasteiger partial charge in [-0.15, -0.1) is 0 Å². The van der Waals surface area contributed by atoms with Crippen molar-refractivity contribution in [1.29, 1.82) is 0 Å². The normalized spacial score (nSPS) is 19.2. The molecule has 0 aliphatic carbocycles. The third kappa shape index (κ3) is 1.99. The fourth-order valence-corrected chi connectivity index (χ4v) is 2.60. The zero-order valence-corrected chi connectivity index (χ0v) is 9.71. The average molecular weight is 179 g/mol. The first-order valence-electron chi connectivity index (χ1n) is 3.88. The van der Waals surface area contributed by atoms with E-state index in [0.717, 1.165) is 0 Å². The van der Waals surface area contributed by atoms with E-state index in [1.807, 2.05) is 0 Å². The van der Waals surface area contributed by atoms with Crippen molar-refractivity contribution in [2.45, 2.75) is 51.7 Å². The summed E-state index contributed by atoms with van der Waals surface area (Å²) in [5, 5.41) is 0.322. The summed E-state index contributed by atoms with van der Waals surface area (Å²) in [7, 11) is -1.51. The summed E-state index contributed by atoms with van der Waals surface area (Å²) < 4.78 is 0. The Kier molecular flexibility index (Phi) is 3.01. The molecule has 1 atom stereocenters. The molecule has 62 valence electrons. The third-order valence-electron chi connectivity index (χ3n) is 2.55. The maximum Gasteiger partial charge on any atom is 0.161 e. The minimum atomic E-state index is -1.51. The van der Waals surface area contributed by atoms with E-state index in [9.17, 15) is 0 Å². The predicted octanol–water partition coefficient (Wildman–Crippen LogP) is 4.01. The Morgan fingerprint density at radius 3 is 1.50 bits per heavy atom. The first-order chi connectivity index (χ1) is 4.19. The summed E-state index contributed by atoms with van der Waals surface area (Å²) in [6, 6.07) is 0. The standard InChI is InChI=1S/C8H19ClSi/c1-7(2)10(6,9)8(3,4)5/h7H,1-6H3. The molecule has 0 spiro atoms. The van der Waals surface area contributed by atoms with Crippen LogP contribution in [0, 0.1) is 0 Å². The van der Waals surface area contributed by atoms with Gasteiger partial charge in [0.15, 0.2) is 7.38 Å². The van der Waals surface area contributed by atoms with E-state index in [1.165, 1.54) is 0 Å². The van der Waals surface area contributed by atoms with Gasteiger partial charge in [-0.25, -0.2) is 0 Å². The van der Waals surface area contributed by atoms with E-state index >= 15 is 0 Å². The molecule has 0 aliphatic rings. The highest BCUT2D eigenvalue weighted by Crippen LogP contribution is 2.45. The van der Waals surface area contributed by atoms with Gasteiger partial charge >= 0.3 is 0 Å². The summed E-state index contributed by atoms with van der Waals surface area (Å²) in [5.41, 5.74) is 0.661. The zero-order valence-electron chi connectivity index (χ0n) is 7.96. The highest BCUT2D eigenvalue weighted by molar-refractivity contribution is 7.21. The molecule has 0 nitrogen and oxygen atoms in total. The molecule has 0 heterocycles. The molecule has 0 aromatic rings. The first-order valence-corrected chi connectivity index (χ1v) is 7.47. The number of rotatable bonds is 1. The van der Waals surface area contributed by atoms with Gasteiger partial charge in [-0.05, 0) is 10.6 Å². The molecule has 0 aliphatic heterocycles. The lowest BCUT2D eigenvalue weighted by Crippen LogP contribution is -2.37. The Bertz CT molecular complexity index is 111. The summed E-state index contributed by atoms with van der Waals surface area (Å²) in [5.74, 6) is 0. The summed E-state index contributed by atoms with van der Waals surface area (Å²) in [4.78, 5) is 0. The highest BCUT2D eigenvalue weighted by atomic mass is 35.6. The lowest BCUT2D eigenvalue weighted by Gasteiger charge is -2.37. The lowest BCUT2D eigenvalue weighted by molar-refractivity contribution is 0.710. The van der Waals surface area contributed by atoms with Gasteiger partial charge in [0.2, 0.25) is 0 Å². The van der Waals surface area contributed by atoms with Crippen LogP contribution in [-0.4, -0.2) is 7.38 Å². The molecule has 0 aromatic carbocycles. The molecule has 0 radical (unpaired) electrons. The van der Waals surface area contributed by atoms with Crippen molar-refractivity contribution in [3.63, 3.8) is 0 Å². The molecular weight excluding hydrogens is 160 g/mol. The molecule has 0 aromatic heterocycles. The van der Waals surface area contributed by atoms with Crippen LogP contribution in [0.25, 0.3) is 0 Å². The second kappa shape index (κ2) is 2.86. The van der Waals surface area contributed by atoms with Crippen LogP contribution >= 0.6 is 11.1 Å². The second-order valence-corrected chi connectivity index (χ2v) is 11.6. The van der Waals surface area contributed by atoms with Gasteiger partial charge in [-0.3, -0.25) is 0 Å². The number of hydrogen-bond acceptors (Lipinski definition) is 0. The van der Waals surface area contributed by atoms with Crippen molar-refractivity contribution in [2.24, 2.45) is 0 Å². The van der Waals surface area contributed by atoms with Gasteiger partial charge in [0.25, 0.3) is 0 Å². The van der Waals surface area contributed by atoms with Crippen molar-refractivity contribution in [3.05, 3.63) is 0 Å². The van der Waals surface area contributed by atoms with Crippen molar-refractivity contribution >= 4 is 18.5 Å². The van der Waals surface area contributed by atoms with Crippen LogP contribution in [-0.2, 0) is 0 Å². The van der Waals surface area contributed by atoms with Crippen LogP contribution in [0.3, 0.4) is 0 Å². The molecule has 1 unspecified atom stereocenters. The predicted molar refractivity (Wildman–Crippen MR) is 52.3 cm³/mol. The Morgan fingerprint density at radius 2 is 1.50 bits per heavy atom. The molecule has 0 fully saturated rings. The quantitative estimate of drug-likeness (QED) is 0.421. The van der Waals surface area contributed by atoms with Gasteiger partial charge in [0, 0.05) is 0 Å². The van der Waals surface area contributed by atoms with Gasteiger partial charge in [-0.1, -0.05) is 41.2 Å². The second-order valence-electron chi connectivity index (χ2n) is 4.48. The number of halogens is 1. The highest BCUT2D eigenvalue weighted by Gasteiger charge is 2.40. The maximum absolute atomic E-state index is 6.49. The molecule has 0 saturated carbocycles. The van der Waals surface area contributed by atoms with Gasteiger partial charge < -0.3 is 0 Å². The first kappa shape index (κ1) is 10.5. The van der Waals surface area contributed by atoms with E-state index in [-0.39, 0.29) is 0 Å². The minimum Gasteiger partial charge on any atom is -0.166 e. The molecule has 0 bridgehead atoms. The summed E-state index contributed by atoms with van der Waals surface area (Å²) in [6.07, 6.45) is 0. The summed E-state index contributed by atoms with van der Waals surface area (Å²) in [6.45, 7) is 13.4. The summed E-state index contributed by atoms with van der Waals surface area (Å²) >= 11 is 6.49. The van der Waals surface area contributed by atoms with E-state index < -0.39 is 7.38 Å². The fourth-order valence-electron chi connectivity index (χ4n) is 0.866. The Balaban J connectivity index is 4.40. The lowest BCUT2D eigenvalue weighted by atomic mass is 10.2. The van der Waals surface area contributed by atoms with Crippen molar-refractivity contribution in [2.75, 3.05) is 0 Å². The minimum absolute atomic E-state index is 0.322. The van der Waals surface area contributed by atoms with Crippen LogP contribution in [0.2, 0.25) is 17.1 Å². The van der Waals surface area contributed by atoms with Crippen LogP contribution < -0.4 is 0 Å². The molecular formula is C8H19ClSi. The Hall–Kier alpha value is 0.507. The van der Waals surface area contributed by atoms with Crippen molar-refractivity contribution < 1.29 is 0 Å². The third-order valence-corrected chi connectivity index (χ3v) is 10.7. The van der Waals surface area contributed by atoms with Gasteiger partial charge in [0.1, 0.15) is 0 Å². The Labute approximate surface area is 70.7 Å². The van der Waals surface area contributed by atoms with Crippen LogP contribution in [0.4, 0.5) is 0 Å². The largest absolute Gasteiger partial charge is 0.166 e. The van der Waals surface area contributed by atoms with E-state index in [1.54, 1.807) is 0 Å². The fraction of sp³-hybridized carbons (Fsp3) is 1.00. The molecule has 2 heteroatoms.